The van der Waals surface area contributed by atoms with Crippen LogP contribution in [0.15, 0.2) is 18.2 Å². The van der Waals surface area contributed by atoms with Gasteiger partial charge in [-0.1, -0.05) is 13.8 Å². The molecule has 1 aliphatic rings. The topological polar surface area (TPSA) is 110 Å². The number of hydrogen-bond donors (Lipinski definition) is 1. The van der Waals surface area contributed by atoms with Gasteiger partial charge in [0.05, 0.1) is 23.0 Å². The van der Waals surface area contributed by atoms with Crippen LogP contribution in [0.1, 0.15) is 30.6 Å². The number of nitro benzene ring substituents is 1. The highest BCUT2D eigenvalue weighted by atomic mass is 16.6. The molecule has 1 saturated heterocycles. The number of carboxylic acid groups (broad SMARTS) is 1. The molecule has 0 spiro atoms. The minimum Gasteiger partial charge on any atom is -0.496 e. The molecule has 1 unspecified atom stereocenters. The molecule has 1 amide bonds. The Hall–Kier alpha value is -2.64. The largest absolute Gasteiger partial charge is 0.496 e. The number of rotatable bonds is 5. The number of aliphatic carboxylic acids is 1. The zero-order chi connectivity index (χ0) is 18.1. The van der Waals surface area contributed by atoms with Gasteiger partial charge in [0.15, 0.2) is 0 Å². The van der Waals surface area contributed by atoms with Crippen LogP contribution in [0, 0.1) is 21.4 Å². The summed E-state index contributed by atoms with van der Waals surface area (Å²) in [7, 11) is 1.37. The second kappa shape index (κ2) is 6.46. The van der Waals surface area contributed by atoms with Gasteiger partial charge in [0.2, 0.25) is 0 Å². The molecule has 2 rings (SSSR count). The van der Waals surface area contributed by atoms with Crippen LogP contribution < -0.4 is 4.74 Å². The van der Waals surface area contributed by atoms with Crippen molar-refractivity contribution in [1.29, 1.82) is 0 Å². The van der Waals surface area contributed by atoms with Crippen LogP contribution in [0.2, 0.25) is 0 Å². The molecule has 1 aliphatic heterocycles. The lowest BCUT2D eigenvalue weighted by molar-refractivity contribution is -0.384. The average molecular weight is 336 g/mol. The summed E-state index contributed by atoms with van der Waals surface area (Å²) < 4.78 is 5.12. The van der Waals surface area contributed by atoms with E-state index < -0.39 is 22.2 Å². The zero-order valence-corrected chi connectivity index (χ0v) is 13.8. The molecule has 0 aromatic heterocycles. The van der Waals surface area contributed by atoms with Gasteiger partial charge in [0.25, 0.3) is 11.6 Å². The summed E-state index contributed by atoms with van der Waals surface area (Å²) in [6, 6.07) is 3.79. The first kappa shape index (κ1) is 17.7. The van der Waals surface area contributed by atoms with Gasteiger partial charge in [-0.05, 0) is 18.4 Å². The van der Waals surface area contributed by atoms with Gasteiger partial charge in [-0.25, -0.2) is 0 Å². The number of benzene rings is 1. The van der Waals surface area contributed by atoms with Crippen molar-refractivity contribution in [2.45, 2.75) is 20.3 Å². The molecule has 8 nitrogen and oxygen atoms in total. The zero-order valence-electron chi connectivity index (χ0n) is 13.8. The predicted molar refractivity (Wildman–Crippen MR) is 85.1 cm³/mol. The number of non-ortho nitro benzene ring substituents is 1. The summed E-state index contributed by atoms with van der Waals surface area (Å²) in [5.74, 6) is -1.30. The van der Waals surface area contributed by atoms with Gasteiger partial charge >= 0.3 is 5.97 Å². The smallest absolute Gasteiger partial charge is 0.311 e. The first-order chi connectivity index (χ1) is 11.2. The lowest BCUT2D eigenvalue weighted by Crippen LogP contribution is -2.40. The fraction of sp³-hybridized carbons (Fsp3) is 0.500. The molecule has 1 heterocycles. The highest BCUT2D eigenvalue weighted by Crippen LogP contribution is 2.39. The van der Waals surface area contributed by atoms with Crippen LogP contribution in [0.4, 0.5) is 5.69 Å². The second-order valence-electron chi connectivity index (χ2n) is 6.23. The minimum atomic E-state index is -0.996. The van der Waals surface area contributed by atoms with E-state index in [1.165, 1.54) is 24.1 Å². The monoisotopic (exact) mass is 336 g/mol. The average Bonchev–Trinajstić information content (AvgIpc) is 3.00. The highest BCUT2D eigenvalue weighted by molar-refractivity contribution is 5.98. The third-order valence-corrected chi connectivity index (χ3v) is 4.74. The molecular weight excluding hydrogens is 316 g/mol. The fourth-order valence-corrected chi connectivity index (χ4v) is 3.05. The van der Waals surface area contributed by atoms with Crippen molar-refractivity contribution in [3.63, 3.8) is 0 Å². The first-order valence-electron chi connectivity index (χ1n) is 7.58. The van der Waals surface area contributed by atoms with E-state index in [1.54, 1.807) is 0 Å². The molecule has 0 aliphatic carbocycles. The molecule has 0 radical (unpaired) electrons. The number of hydrogen-bond acceptors (Lipinski definition) is 5. The van der Waals surface area contributed by atoms with E-state index in [9.17, 15) is 24.8 Å². The van der Waals surface area contributed by atoms with Gasteiger partial charge in [0.1, 0.15) is 5.75 Å². The SMILES string of the molecule is COc1ccc([N+](=O)[O-])cc1C(=O)N1CCC(C(=O)O)(C(C)C)C1. The molecule has 24 heavy (non-hydrogen) atoms. The van der Waals surface area contributed by atoms with Gasteiger partial charge in [-0.3, -0.25) is 19.7 Å². The lowest BCUT2D eigenvalue weighted by atomic mass is 9.76. The van der Waals surface area contributed by atoms with Gasteiger partial charge < -0.3 is 14.7 Å². The Bertz CT molecular complexity index is 687. The van der Waals surface area contributed by atoms with E-state index in [-0.39, 0.29) is 36.0 Å². The van der Waals surface area contributed by atoms with Crippen molar-refractivity contribution in [1.82, 2.24) is 4.90 Å². The normalized spacial score (nSPS) is 20.2. The highest BCUT2D eigenvalue weighted by Gasteiger charge is 2.48. The number of nitro groups is 1. The van der Waals surface area contributed by atoms with Crippen molar-refractivity contribution < 1.29 is 24.4 Å². The summed E-state index contributed by atoms with van der Waals surface area (Å²) >= 11 is 0. The third-order valence-electron chi connectivity index (χ3n) is 4.74. The Morgan fingerprint density at radius 2 is 2.08 bits per heavy atom. The quantitative estimate of drug-likeness (QED) is 0.652. The Labute approximate surface area is 139 Å². The van der Waals surface area contributed by atoms with Crippen molar-refractivity contribution in [2.24, 2.45) is 11.3 Å². The predicted octanol–water partition coefficient (Wildman–Crippen LogP) is 2.18. The molecule has 1 aromatic rings. The van der Waals surface area contributed by atoms with E-state index in [1.807, 2.05) is 13.8 Å². The second-order valence-corrected chi connectivity index (χ2v) is 6.23. The molecule has 8 heteroatoms. The Morgan fingerprint density at radius 1 is 1.42 bits per heavy atom. The molecule has 0 saturated carbocycles. The molecule has 1 N–H and O–H groups in total. The summed E-state index contributed by atoms with van der Waals surface area (Å²) in [6.45, 7) is 3.99. The fourth-order valence-electron chi connectivity index (χ4n) is 3.05. The number of carbonyl (C=O) groups is 2. The van der Waals surface area contributed by atoms with E-state index in [2.05, 4.69) is 0 Å². The van der Waals surface area contributed by atoms with Crippen LogP contribution in [0.25, 0.3) is 0 Å². The van der Waals surface area contributed by atoms with Crippen molar-refractivity contribution in [2.75, 3.05) is 20.2 Å². The van der Waals surface area contributed by atoms with E-state index in [0.29, 0.717) is 6.42 Å². The third kappa shape index (κ3) is 2.91. The number of likely N-dealkylation sites (tertiary alicyclic amines) is 1. The number of amides is 1. The minimum absolute atomic E-state index is 0.0663. The molecular formula is C16H20N2O6. The van der Waals surface area contributed by atoms with Gasteiger partial charge in [-0.15, -0.1) is 0 Å². The molecule has 1 atom stereocenters. The number of nitrogens with zero attached hydrogens (tertiary/aromatic N) is 2. The molecule has 1 aromatic carbocycles. The van der Waals surface area contributed by atoms with Gasteiger partial charge in [-0.2, -0.15) is 0 Å². The summed E-state index contributed by atoms with van der Waals surface area (Å²) in [4.78, 5) is 36.2. The molecule has 130 valence electrons. The van der Waals surface area contributed by atoms with E-state index in [4.69, 9.17) is 4.74 Å². The standard InChI is InChI=1S/C16H20N2O6/c1-10(2)16(15(20)21)6-7-17(9-16)14(19)12-8-11(18(22)23)4-5-13(12)24-3/h4-5,8,10H,6-7,9H2,1-3H3,(H,20,21). The van der Waals surface area contributed by atoms with Crippen LogP contribution >= 0.6 is 0 Å². The maximum absolute atomic E-state index is 12.8. The van der Waals surface area contributed by atoms with E-state index >= 15 is 0 Å². The van der Waals surface area contributed by atoms with Gasteiger partial charge in [0, 0.05) is 25.2 Å². The van der Waals surface area contributed by atoms with Crippen LogP contribution in [-0.2, 0) is 4.79 Å². The van der Waals surface area contributed by atoms with Crippen molar-refractivity contribution in [3.8, 4) is 5.75 Å². The molecule has 0 bridgehead atoms. The Kier molecular flexibility index (Phi) is 4.77. The Morgan fingerprint density at radius 3 is 2.54 bits per heavy atom. The Balaban J connectivity index is 2.35. The number of ether oxygens (including phenoxy) is 1. The number of methoxy groups -OCH3 is 1. The summed E-state index contributed by atoms with van der Waals surface area (Å²) in [5, 5.41) is 20.5. The summed E-state index contributed by atoms with van der Waals surface area (Å²) in [5.41, 5.74) is -1.15. The molecule has 1 fully saturated rings. The van der Waals surface area contributed by atoms with Crippen LogP contribution in [0.3, 0.4) is 0 Å². The van der Waals surface area contributed by atoms with Crippen molar-refractivity contribution >= 4 is 17.6 Å². The van der Waals surface area contributed by atoms with Crippen LogP contribution in [0.5, 0.6) is 5.75 Å². The maximum Gasteiger partial charge on any atom is 0.311 e. The van der Waals surface area contributed by atoms with Crippen molar-refractivity contribution in [3.05, 3.63) is 33.9 Å². The van der Waals surface area contributed by atoms with Crippen LogP contribution in [-0.4, -0.2) is 47.0 Å². The first-order valence-corrected chi connectivity index (χ1v) is 7.58. The summed E-state index contributed by atoms with van der Waals surface area (Å²) in [6.07, 6.45) is 0.350. The lowest BCUT2D eigenvalue weighted by Gasteiger charge is -2.28. The van der Waals surface area contributed by atoms with E-state index in [0.717, 1.165) is 6.07 Å². The number of carbonyl (C=O) groups excluding carboxylic acids is 1. The number of carboxylic acids is 1. The maximum atomic E-state index is 12.8.